The lowest BCUT2D eigenvalue weighted by molar-refractivity contribution is -0.132. The first-order chi connectivity index (χ1) is 13.1. The second kappa shape index (κ2) is 7.08. The molecule has 0 saturated carbocycles. The molecule has 28 heavy (non-hydrogen) atoms. The molecule has 0 unspecified atom stereocenters. The van der Waals surface area contributed by atoms with Crippen molar-refractivity contribution in [2.45, 2.75) is 18.2 Å². The summed E-state index contributed by atoms with van der Waals surface area (Å²) in [7, 11) is -3.19. The third-order valence-electron chi connectivity index (χ3n) is 4.40. The second-order valence-electron chi connectivity index (χ2n) is 6.77. The molecule has 1 atom stereocenters. The van der Waals surface area contributed by atoms with Gasteiger partial charge in [-0.15, -0.1) is 0 Å². The summed E-state index contributed by atoms with van der Waals surface area (Å²) in [5.41, 5.74) is 2.33. The standard InChI is InChI=1S/C19H19N3O5S/c1-19(15-6-4-3-5-7-15)17(24)22(18(25)20-19)21-16(23)14-10-8-13(9-11-14)12-28(2,26)27/h3-11H,12H2,1-2H3,(H,20,25)(H,21,23)/t19-/m0/s1. The van der Waals surface area contributed by atoms with E-state index in [1.165, 1.54) is 24.3 Å². The van der Waals surface area contributed by atoms with Crippen LogP contribution in [0.15, 0.2) is 54.6 Å². The van der Waals surface area contributed by atoms with E-state index in [0.29, 0.717) is 16.1 Å². The molecule has 0 spiro atoms. The number of hydrogen-bond donors (Lipinski definition) is 2. The van der Waals surface area contributed by atoms with Crippen molar-refractivity contribution in [3.05, 3.63) is 71.3 Å². The Morgan fingerprint density at radius 1 is 1.07 bits per heavy atom. The lowest BCUT2D eigenvalue weighted by atomic mass is 9.92. The van der Waals surface area contributed by atoms with Gasteiger partial charge < -0.3 is 5.32 Å². The summed E-state index contributed by atoms with van der Waals surface area (Å²) in [6, 6.07) is 13.9. The SMILES string of the molecule is C[C@@]1(c2ccccc2)NC(=O)N(NC(=O)c2ccc(CS(C)(=O)=O)cc2)C1=O. The van der Waals surface area contributed by atoms with Crippen LogP contribution in [0.5, 0.6) is 0 Å². The molecular weight excluding hydrogens is 382 g/mol. The fourth-order valence-electron chi connectivity index (χ4n) is 2.93. The lowest BCUT2D eigenvalue weighted by Gasteiger charge is -2.22. The minimum atomic E-state index is -3.19. The molecule has 4 amide bonds. The van der Waals surface area contributed by atoms with E-state index < -0.39 is 33.2 Å². The van der Waals surface area contributed by atoms with Crippen LogP contribution in [0.4, 0.5) is 4.79 Å². The second-order valence-corrected chi connectivity index (χ2v) is 8.91. The minimum Gasteiger partial charge on any atom is -0.318 e. The van der Waals surface area contributed by atoms with E-state index in [0.717, 1.165) is 6.26 Å². The molecule has 1 heterocycles. The Hall–Kier alpha value is -3.20. The summed E-state index contributed by atoms with van der Waals surface area (Å²) >= 11 is 0. The number of nitrogens with one attached hydrogen (secondary N) is 2. The maximum absolute atomic E-state index is 12.8. The van der Waals surface area contributed by atoms with Crippen LogP contribution in [0, 0.1) is 0 Å². The van der Waals surface area contributed by atoms with Gasteiger partial charge in [-0.2, -0.15) is 5.01 Å². The summed E-state index contributed by atoms with van der Waals surface area (Å²) in [5, 5.41) is 3.25. The number of sulfone groups is 1. The summed E-state index contributed by atoms with van der Waals surface area (Å²) < 4.78 is 22.7. The van der Waals surface area contributed by atoms with E-state index in [1.54, 1.807) is 37.3 Å². The first-order valence-electron chi connectivity index (χ1n) is 8.40. The molecule has 3 rings (SSSR count). The predicted molar refractivity (Wildman–Crippen MR) is 102 cm³/mol. The summed E-state index contributed by atoms with van der Waals surface area (Å²) in [6.45, 7) is 1.56. The number of hydrazine groups is 1. The number of hydrogen-bond acceptors (Lipinski definition) is 5. The van der Waals surface area contributed by atoms with E-state index in [1.807, 2.05) is 0 Å². The van der Waals surface area contributed by atoms with Gasteiger partial charge in [-0.05, 0) is 30.2 Å². The average Bonchev–Trinajstić information content (AvgIpc) is 2.86. The quantitative estimate of drug-likeness (QED) is 0.735. The van der Waals surface area contributed by atoms with Crippen molar-refractivity contribution in [2.75, 3.05) is 6.26 Å². The fourth-order valence-corrected chi connectivity index (χ4v) is 3.73. The van der Waals surface area contributed by atoms with Gasteiger partial charge in [-0.25, -0.2) is 13.2 Å². The molecule has 9 heteroatoms. The van der Waals surface area contributed by atoms with Crippen molar-refractivity contribution in [3.8, 4) is 0 Å². The van der Waals surface area contributed by atoms with Crippen LogP contribution >= 0.6 is 0 Å². The Morgan fingerprint density at radius 3 is 2.25 bits per heavy atom. The Labute approximate surface area is 162 Å². The topological polar surface area (TPSA) is 113 Å². The molecule has 8 nitrogen and oxygen atoms in total. The number of imide groups is 1. The molecule has 0 aliphatic carbocycles. The normalized spacial score (nSPS) is 19.4. The third-order valence-corrected chi connectivity index (χ3v) is 5.26. The van der Waals surface area contributed by atoms with Crippen molar-refractivity contribution in [1.29, 1.82) is 0 Å². The molecule has 2 N–H and O–H groups in total. The highest BCUT2D eigenvalue weighted by Crippen LogP contribution is 2.27. The number of nitrogens with zero attached hydrogens (tertiary/aromatic N) is 1. The van der Waals surface area contributed by atoms with E-state index in [9.17, 15) is 22.8 Å². The van der Waals surface area contributed by atoms with Crippen molar-refractivity contribution in [2.24, 2.45) is 0 Å². The molecule has 2 aromatic rings. The van der Waals surface area contributed by atoms with Crippen molar-refractivity contribution in [3.63, 3.8) is 0 Å². The van der Waals surface area contributed by atoms with Crippen LogP contribution in [0.2, 0.25) is 0 Å². The minimum absolute atomic E-state index is 0.142. The van der Waals surface area contributed by atoms with Crippen LogP contribution in [-0.4, -0.2) is 37.5 Å². The lowest BCUT2D eigenvalue weighted by Crippen LogP contribution is -2.47. The van der Waals surface area contributed by atoms with Gasteiger partial charge in [0.15, 0.2) is 9.84 Å². The number of amides is 4. The number of benzene rings is 2. The van der Waals surface area contributed by atoms with Gasteiger partial charge in [-0.1, -0.05) is 42.5 Å². The molecule has 1 fully saturated rings. The number of urea groups is 1. The fraction of sp³-hybridized carbons (Fsp3) is 0.211. The molecule has 1 aliphatic heterocycles. The van der Waals surface area contributed by atoms with Gasteiger partial charge in [-0.3, -0.25) is 15.0 Å². The largest absolute Gasteiger partial charge is 0.344 e. The Morgan fingerprint density at radius 2 is 1.68 bits per heavy atom. The van der Waals surface area contributed by atoms with E-state index in [4.69, 9.17) is 0 Å². The van der Waals surface area contributed by atoms with Gasteiger partial charge in [0.25, 0.3) is 11.8 Å². The Bertz CT molecular complexity index is 1030. The monoisotopic (exact) mass is 401 g/mol. The Balaban J connectivity index is 1.75. The van der Waals surface area contributed by atoms with E-state index in [2.05, 4.69) is 10.7 Å². The van der Waals surface area contributed by atoms with Gasteiger partial charge in [0.05, 0.1) is 5.75 Å². The zero-order valence-electron chi connectivity index (χ0n) is 15.3. The highest BCUT2D eigenvalue weighted by molar-refractivity contribution is 7.89. The molecule has 146 valence electrons. The number of carbonyl (C=O) groups is 3. The summed E-state index contributed by atoms with van der Waals surface area (Å²) in [4.78, 5) is 37.5. The third kappa shape index (κ3) is 3.89. The summed E-state index contributed by atoms with van der Waals surface area (Å²) in [5.74, 6) is -1.41. The van der Waals surface area contributed by atoms with Gasteiger partial charge in [0, 0.05) is 11.8 Å². The van der Waals surface area contributed by atoms with Crippen LogP contribution in [-0.2, 0) is 25.9 Å². The molecule has 0 aromatic heterocycles. The van der Waals surface area contributed by atoms with Crippen molar-refractivity contribution >= 4 is 27.7 Å². The predicted octanol–water partition coefficient (Wildman–Crippen LogP) is 1.34. The zero-order valence-corrected chi connectivity index (χ0v) is 16.1. The molecular formula is C19H19N3O5S. The highest BCUT2D eigenvalue weighted by atomic mass is 32.2. The van der Waals surface area contributed by atoms with Crippen LogP contribution in [0.25, 0.3) is 0 Å². The first kappa shape index (κ1) is 19.6. The van der Waals surface area contributed by atoms with Crippen LogP contribution in [0.3, 0.4) is 0 Å². The molecule has 1 saturated heterocycles. The van der Waals surface area contributed by atoms with E-state index >= 15 is 0 Å². The molecule has 0 radical (unpaired) electrons. The maximum atomic E-state index is 12.8. The van der Waals surface area contributed by atoms with Crippen molar-refractivity contribution in [1.82, 2.24) is 15.8 Å². The highest BCUT2D eigenvalue weighted by Gasteiger charge is 2.50. The summed E-state index contributed by atoms with van der Waals surface area (Å²) in [6.07, 6.45) is 1.12. The average molecular weight is 401 g/mol. The molecule has 1 aliphatic rings. The van der Waals surface area contributed by atoms with Crippen LogP contribution < -0.4 is 10.7 Å². The van der Waals surface area contributed by atoms with Crippen molar-refractivity contribution < 1.29 is 22.8 Å². The zero-order chi connectivity index (χ0) is 20.5. The number of rotatable bonds is 5. The van der Waals surface area contributed by atoms with E-state index in [-0.39, 0.29) is 11.3 Å². The van der Waals surface area contributed by atoms with Gasteiger partial charge in [0.1, 0.15) is 5.54 Å². The smallest absolute Gasteiger partial charge is 0.318 e. The first-order valence-corrected chi connectivity index (χ1v) is 10.5. The molecule has 2 aromatic carbocycles. The van der Waals surface area contributed by atoms with Crippen LogP contribution in [0.1, 0.15) is 28.4 Å². The maximum Gasteiger partial charge on any atom is 0.344 e. The molecule has 0 bridgehead atoms. The number of carbonyl (C=O) groups excluding carboxylic acids is 3. The van der Waals surface area contributed by atoms with Gasteiger partial charge >= 0.3 is 6.03 Å². The Kier molecular flexibility index (Phi) is 4.95. The van der Waals surface area contributed by atoms with Gasteiger partial charge in [0.2, 0.25) is 0 Å².